The van der Waals surface area contributed by atoms with E-state index in [1.54, 1.807) is 13.8 Å². The molecule has 0 rings (SSSR count). The molecule has 7 N–H and O–H groups in total. The van der Waals surface area contributed by atoms with Crippen molar-refractivity contribution in [2.75, 3.05) is 18.6 Å². The molecule has 0 bridgehead atoms. The average molecular weight is 420 g/mol. The average Bonchev–Trinajstić information content (AvgIpc) is 2.60. The lowest BCUT2D eigenvalue weighted by atomic mass is 10.0. The monoisotopic (exact) mass is 420 g/mol. The second-order valence-corrected chi connectivity index (χ2v) is 7.38. The van der Waals surface area contributed by atoms with Crippen LogP contribution in [0.2, 0.25) is 0 Å². The van der Waals surface area contributed by atoms with Crippen LogP contribution in [-0.4, -0.2) is 76.6 Å². The van der Waals surface area contributed by atoms with Crippen LogP contribution in [0.5, 0.6) is 0 Å². The van der Waals surface area contributed by atoms with Gasteiger partial charge in [-0.2, -0.15) is 11.8 Å². The van der Waals surface area contributed by atoms with Crippen LogP contribution < -0.4 is 21.7 Å². The number of nitrogens with two attached hydrogens (primary N) is 1. The number of thioether (sulfide) groups is 1. The minimum Gasteiger partial charge on any atom is -0.481 e. The number of carbonyl (C=O) groups is 5. The summed E-state index contributed by atoms with van der Waals surface area (Å²) in [7, 11) is 0. The van der Waals surface area contributed by atoms with Gasteiger partial charge in [-0.05, 0) is 24.3 Å². The van der Waals surface area contributed by atoms with Crippen molar-refractivity contribution in [3.05, 3.63) is 0 Å². The molecule has 0 aromatic heterocycles. The third kappa shape index (κ3) is 10.1. The zero-order valence-electron chi connectivity index (χ0n) is 16.1. The molecule has 28 heavy (non-hydrogen) atoms. The van der Waals surface area contributed by atoms with E-state index >= 15 is 0 Å². The highest BCUT2D eigenvalue weighted by atomic mass is 32.2. The summed E-state index contributed by atoms with van der Waals surface area (Å²) in [6.45, 7) is 2.84. The van der Waals surface area contributed by atoms with Crippen LogP contribution in [0.25, 0.3) is 0 Å². The fourth-order valence-corrected chi connectivity index (χ4v) is 2.56. The molecule has 0 aliphatic heterocycles. The van der Waals surface area contributed by atoms with Gasteiger partial charge >= 0.3 is 11.9 Å². The fourth-order valence-electron chi connectivity index (χ4n) is 2.07. The van der Waals surface area contributed by atoms with E-state index < -0.39 is 66.7 Å². The Bertz CT molecular complexity index is 585. The topological polar surface area (TPSA) is 188 Å². The largest absolute Gasteiger partial charge is 0.481 e. The van der Waals surface area contributed by atoms with Crippen LogP contribution in [0.1, 0.15) is 26.7 Å². The number of rotatable bonds is 13. The van der Waals surface area contributed by atoms with Crippen LogP contribution in [0.4, 0.5) is 0 Å². The number of hydrogen-bond acceptors (Lipinski definition) is 7. The van der Waals surface area contributed by atoms with Gasteiger partial charge < -0.3 is 31.9 Å². The summed E-state index contributed by atoms with van der Waals surface area (Å²) < 4.78 is 0. The molecule has 0 aliphatic carbocycles. The van der Waals surface area contributed by atoms with E-state index in [0.29, 0.717) is 12.2 Å². The Morgan fingerprint density at radius 2 is 1.64 bits per heavy atom. The Kier molecular flexibility index (Phi) is 11.9. The zero-order chi connectivity index (χ0) is 21.9. The first-order valence-corrected chi connectivity index (χ1v) is 9.95. The zero-order valence-corrected chi connectivity index (χ0v) is 16.9. The molecule has 0 fully saturated rings. The van der Waals surface area contributed by atoms with Crippen molar-refractivity contribution in [3.63, 3.8) is 0 Å². The SMILES string of the molecule is CSCCC(N)C(=O)NCC(=O)NC(C(=O)NC(CC(=O)O)C(=O)O)C(C)C. The molecule has 0 saturated heterocycles. The van der Waals surface area contributed by atoms with Crippen LogP contribution in [-0.2, 0) is 24.0 Å². The van der Waals surface area contributed by atoms with Gasteiger partial charge in [0.25, 0.3) is 0 Å². The van der Waals surface area contributed by atoms with Crippen molar-refractivity contribution in [1.29, 1.82) is 0 Å². The predicted molar refractivity (Wildman–Crippen MR) is 103 cm³/mol. The van der Waals surface area contributed by atoms with Crippen molar-refractivity contribution in [2.45, 2.75) is 44.8 Å². The lowest BCUT2D eigenvalue weighted by molar-refractivity contribution is -0.147. The van der Waals surface area contributed by atoms with Crippen LogP contribution in [0.3, 0.4) is 0 Å². The highest BCUT2D eigenvalue weighted by Crippen LogP contribution is 2.04. The summed E-state index contributed by atoms with van der Waals surface area (Å²) in [5, 5.41) is 24.6. The molecular weight excluding hydrogens is 392 g/mol. The molecule has 0 radical (unpaired) electrons. The maximum Gasteiger partial charge on any atom is 0.326 e. The minimum absolute atomic E-state index is 0.403. The Hall–Kier alpha value is -2.34. The van der Waals surface area contributed by atoms with E-state index in [0.717, 1.165) is 0 Å². The van der Waals surface area contributed by atoms with Gasteiger partial charge in [-0.25, -0.2) is 4.79 Å². The molecular formula is C16H28N4O7S. The van der Waals surface area contributed by atoms with E-state index in [4.69, 9.17) is 15.9 Å². The third-order valence-corrected chi connectivity index (χ3v) is 4.30. The highest BCUT2D eigenvalue weighted by molar-refractivity contribution is 7.98. The Balaban J connectivity index is 4.77. The van der Waals surface area contributed by atoms with E-state index in [1.807, 2.05) is 6.26 Å². The maximum absolute atomic E-state index is 12.3. The fraction of sp³-hybridized carbons (Fsp3) is 0.688. The number of hydrogen-bond donors (Lipinski definition) is 6. The number of amides is 3. The molecule has 12 heteroatoms. The molecule has 0 spiro atoms. The quantitative estimate of drug-likeness (QED) is 0.203. The van der Waals surface area contributed by atoms with Crippen LogP contribution in [0.15, 0.2) is 0 Å². The smallest absolute Gasteiger partial charge is 0.326 e. The first kappa shape index (κ1) is 25.7. The summed E-state index contributed by atoms with van der Waals surface area (Å²) in [6.07, 6.45) is 1.52. The molecule has 11 nitrogen and oxygen atoms in total. The second-order valence-electron chi connectivity index (χ2n) is 6.39. The Labute approximate surface area is 167 Å². The minimum atomic E-state index is -1.63. The molecule has 0 saturated carbocycles. The van der Waals surface area contributed by atoms with Gasteiger partial charge in [0.15, 0.2) is 0 Å². The third-order valence-electron chi connectivity index (χ3n) is 3.65. The standard InChI is InChI=1S/C16H28N4O7S/c1-8(2)13(15(25)19-10(16(26)27)6-12(22)23)20-11(21)7-18-14(24)9(17)4-5-28-3/h8-10,13H,4-7,17H2,1-3H3,(H,18,24)(H,19,25)(H,20,21)(H,22,23)(H,26,27). The first-order valence-electron chi connectivity index (χ1n) is 8.56. The van der Waals surface area contributed by atoms with Crippen molar-refractivity contribution in [3.8, 4) is 0 Å². The van der Waals surface area contributed by atoms with Crippen molar-refractivity contribution in [2.24, 2.45) is 11.7 Å². The summed E-state index contributed by atoms with van der Waals surface area (Å²) in [4.78, 5) is 57.9. The van der Waals surface area contributed by atoms with Crippen LogP contribution in [0, 0.1) is 5.92 Å². The van der Waals surface area contributed by atoms with Gasteiger partial charge in [-0.15, -0.1) is 0 Å². The van der Waals surface area contributed by atoms with Gasteiger partial charge in [0, 0.05) is 0 Å². The Morgan fingerprint density at radius 1 is 1.04 bits per heavy atom. The summed E-state index contributed by atoms with van der Waals surface area (Å²) >= 11 is 1.53. The number of carboxylic acids is 2. The predicted octanol–water partition coefficient (Wildman–Crippen LogP) is -1.63. The molecule has 160 valence electrons. The highest BCUT2D eigenvalue weighted by Gasteiger charge is 2.30. The summed E-state index contributed by atoms with van der Waals surface area (Å²) in [5.41, 5.74) is 5.69. The molecule has 3 amide bonds. The van der Waals surface area contributed by atoms with Crippen LogP contribution >= 0.6 is 11.8 Å². The number of carboxylic acid groups (broad SMARTS) is 2. The van der Waals surface area contributed by atoms with Gasteiger partial charge in [-0.1, -0.05) is 13.8 Å². The molecule has 3 unspecified atom stereocenters. The summed E-state index contributed by atoms with van der Waals surface area (Å²) in [5.74, 6) is -4.61. The first-order chi connectivity index (χ1) is 13.0. The normalized spacial score (nSPS) is 13.9. The van der Waals surface area contributed by atoms with E-state index in [2.05, 4.69) is 16.0 Å². The molecule has 0 aromatic rings. The van der Waals surface area contributed by atoms with Gasteiger partial charge in [-0.3, -0.25) is 19.2 Å². The van der Waals surface area contributed by atoms with Crippen molar-refractivity contribution >= 4 is 41.4 Å². The molecule has 3 atom stereocenters. The molecule has 0 aliphatic rings. The van der Waals surface area contributed by atoms with E-state index in [9.17, 15) is 24.0 Å². The van der Waals surface area contributed by atoms with Gasteiger partial charge in [0.05, 0.1) is 19.0 Å². The van der Waals surface area contributed by atoms with E-state index in [1.165, 1.54) is 11.8 Å². The molecule has 0 heterocycles. The van der Waals surface area contributed by atoms with Crippen molar-refractivity contribution < 1.29 is 34.2 Å². The van der Waals surface area contributed by atoms with Gasteiger partial charge in [0.2, 0.25) is 17.7 Å². The number of nitrogens with one attached hydrogen (secondary N) is 3. The maximum atomic E-state index is 12.3. The number of carbonyl (C=O) groups excluding carboxylic acids is 3. The van der Waals surface area contributed by atoms with E-state index in [-0.39, 0.29) is 0 Å². The number of aliphatic carboxylic acids is 2. The Morgan fingerprint density at radius 3 is 2.11 bits per heavy atom. The lowest BCUT2D eigenvalue weighted by Gasteiger charge is -2.23. The summed E-state index contributed by atoms with van der Waals surface area (Å²) in [6, 6.07) is -3.49. The second kappa shape index (κ2) is 12.9. The van der Waals surface area contributed by atoms with Gasteiger partial charge in [0.1, 0.15) is 12.1 Å². The lowest BCUT2D eigenvalue weighted by Crippen LogP contribution is -2.55. The van der Waals surface area contributed by atoms with Crippen molar-refractivity contribution in [1.82, 2.24) is 16.0 Å². The molecule has 0 aromatic carbocycles.